The molecular formula is C52H42. The van der Waals surface area contributed by atoms with Crippen LogP contribution < -0.4 is 0 Å². The number of allylic oxidation sites excluding steroid dienone is 1. The van der Waals surface area contributed by atoms with Gasteiger partial charge in [0.2, 0.25) is 0 Å². The van der Waals surface area contributed by atoms with Crippen LogP contribution in [0, 0.1) is 11.8 Å². The van der Waals surface area contributed by atoms with Gasteiger partial charge in [-0.1, -0.05) is 184 Å². The molecule has 0 aliphatic heterocycles. The molecule has 250 valence electrons. The van der Waals surface area contributed by atoms with Crippen LogP contribution in [-0.4, -0.2) is 0 Å². The number of hydrogen-bond donors (Lipinski definition) is 0. The number of rotatable bonds is 4. The number of fused-ring (bicyclic) bond motifs is 9. The van der Waals surface area contributed by atoms with Crippen molar-refractivity contribution in [2.24, 2.45) is 11.8 Å². The molecular weight excluding hydrogens is 625 g/mol. The second kappa shape index (κ2) is 11.9. The predicted octanol–water partition coefficient (Wildman–Crippen LogP) is 14.4. The fraction of sp³-hybridized carbons (Fsp3) is 0.154. The Bertz CT molecular complexity index is 2640. The first-order chi connectivity index (χ1) is 25.6. The van der Waals surface area contributed by atoms with Crippen LogP contribution in [-0.2, 0) is 5.41 Å². The molecule has 0 bridgehead atoms. The second-order valence-corrected chi connectivity index (χ2v) is 15.3. The highest BCUT2D eigenvalue weighted by Gasteiger charge is 2.51. The average molecular weight is 667 g/mol. The Labute approximate surface area is 307 Å². The summed E-state index contributed by atoms with van der Waals surface area (Å²) < 4.78 is 0. The molecule has 0 saturated heterocycles. The van der Waals surface area contributed by atoms with Gasteiger partial charge in [0.05, 0.1) is 0 Å². The zero-order valence-electron chi connectivity index (χ0n) is 30.0. The van der Waals surface area contributed by atoms with Crippen molar-refractivity contribution in [3.63, 3.8) is 0 Å². The molecule has 0 amide bonds. The summed E-state index contributed by atoms with van der Waals surface area (Å²) in [6.45, 7) is 9.65. The highest BCUT2D eigenvalue weighted by molar-refractivity contribution is 6.22. The first-order valence-corrected chi connectivity index (χ1v) is 19.0. The summed E-state index contributed by atoms with van der Waals surface area (Å²) in [4.78, 5) is 0. The molecule has 0 nitrogen and oxygen atoms in total. The van der Waals surface area contributed by atoms with Gasteiger partial charge in [-0.05, 0) is 119 Å². The first kappa shape index (κ1) is 31.1. The van der Waals surface area contributed by atoms with Gasteiger partial charge in [-0.2, -0.15) is 0 Å². The summed E-state index contributed by atoms with van der Waals surface area (Å²) in [5.74, 6) is 1.22. The van der Waals surface area contributed by atoms with Gasteiger partial charge in [-0.3, -0.25) is 0 Å². The van der Waals surface area contributed by atoms with E-state index in [4.69, 9.17) is 6.58 Å². The van der Waals surface area contributed by atoms with E-state index < -0.39 is 0 Å². The van der Waals surface area contributed by atoms with Crippen LogP contribution in [0.4, 0.5) is 0 Å². The van der Waals surface area contributed by atoms with E-state index >= 15 is 0 Å². The molecule has 1 fully saturated rings. The lowest BCUT2D eigenvalue weighted by Crippen LogP contribution is -2.40. The lowest BCUT2D eigenvalue weighted by Gasteiger charge is -2.46. The number of benzene rings is 8. The summed E-state index contributed by atoms with van der Waals surface area (Å²) in [5, 5.41) is 7.76. The standard InChI is InChI=1S/C52H42/c1-4-35-30-33(2)52(34(3)31-35)47-21-13-12-20-46(47)51-41-28-26-40(32-39(41)27-29-48(51)52)50-44-18-10-8-16-42(44)49(43-17-9-11-19-45(43)50)38-24-22-37(23-25-38)36-14-6-5-7-15-36/h5-29,32,34-35H,2,4,30-31H2,1,3H3. The van der Waals surface area contributed by atoms with Gasteiger partial charge in [-0.15, -0.1) is 0 Å². The Kier molecular flexibility index (Phi) is 7.12. The van der Waals surface area contributed by atoms with E-state index in [0.717, 1.165) is 12.3 Å². The molecule has 52 heavy (non-hydrogen) atoms. The predicted molar refractivity (Wildman–Crippen MR) is 223 cm³/mol. The van der Waals surface area contributed by atoms with Crippen molar-refractivity contribution in [1.29, 1.82) is 0 Å². The fourth-order valence-electron chi connectivity index (χ4n) is 10.3. The summed E-state index contributed by atoms with van der Waals surface area (Å²) in [6, 6.07) is 59.0. The summed E-state index contributed by atoms with van der Waals surface area (Å²) >= 11 is 0. The molecule has 0 aromatic heterocycles. The van der Waals surface area contributed by atoms with E-state index in [9.17, 15) is 0 Å². The molecule has 8 aromatic carbocycles. The molecule has 1 spiro atoms. The van der Waals surface area contributed by atoms with Crippen molar-refractivity contribution in [3.05, 3.63) is 181 Å². The minimum Gasteiger partial charge on any atom is -0.0986 e. The van der Waals surface area contributed by atoms with E-state index in [-0.39, 0.29) is 5.41 Å². The summed E-state index contributed by atoms with van der Waals surface area (Å²) in [6.07, 6.45) is 3.58. The normalized spacial score (nSPS) is 19.4. The van der Waals surface area contributed by atoms with Crippen molar-refractivity contribution < 1.29 is 0 Å². The largest absolute Gasteiger partial charge is 0.0986 e. The smallest absolute Gasteiger partial charge is 0.0446 e. The molecule has 3 unspecified atom stereocenters. The zero-order chi connectivity index (χ0) is 35.0. The van der Waals surface area contributed by atoms with Crippen molar-refractivity contribution >= 4 is 32.3 Å². The van der Waals surface area contributed by atoms with Gasteiger partial charge in [0.1, 0.15) is 0 Å². The molecule has 0 N–H and O–H groups in total. The third kappa shape index (κ3) is 4.40. The third-order valence-corrected chi connectivity index (χ3v) is 12.7. The highest BCUT2D eigenvalue weighted by Crippen LogP contribution is 2.62. The molecule has 2 aliphatic rings. The Morgan fingerprint density at radius 3 is 1.73 bits per heavy atom. The van der Waals surface area contributed by atoms with Gasteiger partial charge in [-0.25, -0.2) is 0 Å². The lowest BCUT2D eigenvalue weighted by molar-refractivity contribution is 0.248. The van der Waals surface area contributed by atoms with Crippen molar-refractivity contribution in [2.45, 2.75) is 38.5 Å². The molecule has 0 radical (unpaired) electrons. The van der Waals surface area contributed by atoms with Crippen molar-refractivity contribution in [2.75, 3.05) is 0 Å². The SMILES string of the molecule is C=C1CC(CC)CC(C)C12c1ccccc1-c1c2ccc2cc(-c3c4ccccc4c(-c4ccc(-c5ccccc5)cc4)c4ccccc34)ccc12. The van der Waals surface area contributed by atoms with Crippen LogP contribution in [0.3, 0.4) is 0 Å². The van der Waals surface area contributed by atoms with Gasteiger partial charge in [0, 0.05) is 5.41 Å². The van der Waals surface area contributed by atoms with E-state index in [1.807, 2.05) is 0 Å². The van der Waals surface area contributed by atoms with Crippen LogP contribution in [0.25, 0.3) is 76.8 Å². The van der Waals surface area contributed by atoms with E-state index in [2.05, 4.69) is 172 Å². The quantitative estimate of drug-likeness (QED) is 0.130. The Balaban J connectivity index is 1.16. The molecule has 2 aliphatic carbocycles. The van der Waals surface area contributed by atoms with Gasteiger partial charge in [0.15, 0.2) is 0 Å². The monoisotopic (exact) mass is 666 g/mol. The Morgan fingerprint density at radius 2 is 1.08 bits per heavy atom. The maximum absolute atomic E-state index is 4.83. The minimum atomic E-state index is -0.119. The van der Waals surface area contributed by atoms with Crippen molar-refractivity contribution in [1.82, 2.24) is 0 Å². The molecule has 8 aromatic rings. The Morgan fingerprint density at radius 1 is 0.519 bits per heavy atom. The number of hydrogen-bond acceptors (Lipinski definition) is 0. The van der Waals surface area contributed by atoms with E-state index in [1.165, 1.54) is 106 Å². The lowest BCUT2D eigenvalue weighted by atomic mass is 9.57. The fourth-order valence-corrected chi connectivity index (χ4v) is 10.3. The Hall–Kier alpha value is -5.72. The molecule has 3 atom stereocenters. The minimum absolute atomic E-state index is 0.119. The van der Waals surface area contributed by atoms with Gasteiger partial charge in [0.25, 0.3) is 0 Å². The maximum atomic E-state index is 4.83. The molecule has 10 rings (SSSR count). The van der Waals surface area contributed by atoms with Crippen LogP contribution in [0.1, 0.15) is 44.2 Å². The van der Waals surface area contributed by atoms with E-state index in [0.29, 0.717) is 5.92 Å². The molecule has 0 heterocycles. The van der Waals surface area contributed by atoms with Crippen LogP contribution in [0.15, 0.2) is 170 Å². The zero-order valence-corrected chi connectivity index (χ0v) is 30.0. The van der Waals surface area contributed by atoms with Crippen molar-refractivity contribution in [3.8, 4) is 44.5 Å². The topological polar surface area (TPSA) is 0 Å². The van der Waals surface area contributed by atoms with Gasteiger partial charge < -0.3 is 0 Å². The third-order valence-electron chi connectivity index (χ3n) is 12.7. The van der Waals surface area contributed by atoms with Crippen LogP contribution in [0.5, 0.6) is 0 Å². The van der Waals surface area contributed by atoms with Crippen LogP contribution in [0.2, 0.25) is 0 Å². The summed E-state index contributed by atoms with van der Waals surface area (Å²) in [5.41, 5.74) is 14.6. The molecule has 0 heteroatoms. The van der Waals surface area contributed by atoms with Gasteiger partial charge >= 0.3 is 0 Å². The maximum Gasteiger partial charge on any atom is 0.0446 e. The van der Waals surface area contributed by atoms with E-state index in [1.54, 1.807) is 0 Å². The highest BCUT2D eigenvalue weighted by atomic mass is 14.5. The average Bonchev–Trinajstić information content (AvgIpc) is 3.50. The first-order valence-electron chi connectivity index (χ1n) is 19.0. The second-order valence-electron chi connectivity index (χ2n) is 15.3. The summed E-state index contributed by atoms with van der Waals surface area (Å²) in [7, 11) is 0. The van der Waals surface area contributed by atoms with Crippen LogP contribution >= 0.6 is 0 Å². The molecule has 1 saturated carbocycles.